The normalized spacial score (nSPS) is 14.2. The number of methoxy groups -OCH3 is 2. The lowest BCUT2D eigenvalue weighted by molar-refractivity contribution is -0.826. The van der Waals surface area contributed by atoms with E-state index in [1.54, 1.807) is 14.2 Å². The van der Waals surface area contributed by atoms with Crippen molar-refractivity contribution in [3.05, 3.63) is 42.0 Å². The number of rotatable bonds is 14. The molecule has 0 amide bonds. The Morgan fingerprint density at radius 3 is 2.42 bits per heavy atom. The molecule has 0 aliphatic carbocycles. The fourth-order valence-corrected chi connectivity index (χ4v) is 5.16. The van der Waals surface area contributed by atoms with Crippen LogP contribution < -0.4 is 25.6 Å². The summed E-state index contributed by atoms with van der Waals surface area (Å²) in [5, 5.41) is 17.6. The molecule has 2 heterocycles. The molecule has 11 heteroatoms. The van der Waals surface area contributed by atoms with Crippen LogP contribution in [0.3, 0.4) is 0 Å². The molecular formula is C29H46N7O4+. The highest BCUT2D eigenvalue weighted by molar-refractivity contribution is 5.92. The van der Waals surface area contributed by atoms with Crippen LogP contribution in [0.2, 0.25) is 0 Å². The molecule has 0 unspecified atom stereocenters. The summed E-state index contributed by atoms with van der Waals surface area (Å²) in [6.45, 7) is 11.1. The second kappa shape index (κ2) is 15.5. The molecular weight excluding hydrogens is 510 g/mol. The number of anilines is 2. The Morgan fingerprint density at radius 2 is 1.75 bits per heavy atom. The van der Waals surface area contributed by atoms with Crippen LogP contribution in [0, 0.1) is 0 Å². The van der Waals surface area contributed by atoms with Crippen molar-refractivity contribution in [2.24, 2.45) is 0 Å². The standard InChI is InChI=1S/C29H43N7O3.H2O/c1-5-35(6-2)15-9-14-30-29-32-25-19-27(39-4)26(38-3)18-23(25)28(33-29)31-22-12-16-36(17-13-22)20-21-10-7-8-11-24(21)34-37;/h7-8,10-11,18-19,22,34,37H,5-6,9,12-17,20H2,1-4H3,(H2,30,31,32,33);1H2/p+1. The van der Waals surface area contributed by atoms with Gasteiger partial charge in [-0.05, 0) is 45.0 Å². The van der Waals surface area contributed by atoms with Crippen molar-refractivity contribution >= 4 is 28.4 Å². The van der Waals surface area contributed by atoms with Gasteiger partial charge in [-0.25, -0.2) is 10.2 Å². The molecule has 1 aromatic heterocycles. The summed E-state index contributed by atoms with van der Waals surface area (Å²) in [5.74, 6) is 2.73. The number of piperidine rings is 1. The van der Waals surface area contributed by atoms with Gasteiger partial charge in [-0.2, -0.15) is 10.5 Å². The summed E-state index contributed by atoms with van der Waals surface area (Å²) in [4.78, 5) is 14.6. The zero-order valence-electron chi connectivity index (χ0n) is 24.2. The van der Waals surface area contributed by atoms with Gasteiger partial charge in [0.05, 0.1) is 19.7 Å². The maximum atomic E-state index is 9.56. The SMILES string of the molecule is CCN(CC)CCCNc1nc(NC2CCN(Cc3ccccc3[NH2+]O)CC2)c2cc(OC)c(OC)cc2n1.O. The third kappa shape index (κ3) is 7.92. The van der Waals surface area contributed by atoms with Crippen LogP contribution in [0.5, 0.6) is 11.5 Å². The summed E-state index contributed by atoms with van der Waals surface area (Å²) >= 11 is 0. The van der Waals surface area contributed by atoms with Crippen LogP contribution >= 0.6 is 0 Å². The van der Waals surface area contributed by atoms with E-state index < -0.39 is 0 Å². The number of benzene rings is 2. The zero-order valence-corrected chi connectivity index (χ0v) is 24.2. The average molecular weight is 557 g/mol. The number of hydrogen-bond acceptors (Lipinski definition) is 9. The fourth-order valence-electron chi connectivity index (χ4n) is 5.16. The Bertz CT molecular complexity index is 1200. The molecule has 1 fully saturated rings. The van der Waals surface area contributed by atoms with E-state index in [0.29, 0.717) is 23.5 Å². The van der Waals surface area contributed by atoms with Crippen molar-refractivity contribution in [2.75, 3.05) is 64.1 Å². The maximum Gasteiger partial charge on any atom is 0.225 e. The van der Waals surface area contributed by atoms with E-state index in [0.717, 1.165) is 93.0 Å². The zero-order chi connectivity index (χ0) is 27.6. The van der Waals surface area contributed by atoms with Gasteiger partial charge in [0.15, 0.2) is 17.2 Å². The number of quaternary nitrogens is 1. The van der Waals surface area contributed by atoms with Gasteiger partial charge < -0.3 is 30.5 Å². The number of hydrogen-bond donors (Lipinski definition) is 4. The smallest absolute Gasteiger partial charge is 0.225 e. The second-order valence-corrected chi connectivity index (χ2v) is 9.95. The van der Waals surface area contributed by atoms with Crippen molar-refractivity contribution in [3.63, 3.8) is 0 Å². The first-order valence-corrected chi connectivity index (χ1v) is 14.0. The second-order valence-electron chi connectivity index (χ2n) is 9.95. The number of nitrogens with zero attached hydrogens (tertiary/aromatic N) is 4. The molecule has 0 atom stereocenters. The molecule has 1 saturated heterocycles. The van der Waals surface area contributed by atoms with E-state index in [1.807, 2.05) is 30.3 Å². The largest absolute Gasteiger partial charge is 0.493 e. The fraction of sp³-hybridized carbons (Fsp3) is 0.517. The third-order valence-corrected chi connectivity index (χ3v) is 7.55. The molecule has 4 rings (SSSR count). The van der Waals surface area contributed by atoms with Gasteiger partial charge in [0.2, 0.25) is 5.95 Å². The highest BCUT2D eigenvalue weighted by Gasteiger charge is 2.22. The van der Waals surface area contributed by atoms with Gasteiger partial charge in [-0.15, -0.1) is 0 Å². The minimum Gasteiger partial charge on any atom is -0.493 e. The van der Waals surface area contributed by atoms with E-state index in [9.17, 15) is 5.21 Å². The molecule has 11 nitrogen and oxygen atoms in total. The van der Waals surface area contributed by atoms with E-state index in [4.69, 9.17) is 19.4 Å². The number of ether oxygens (including phenoxy) is 2. The maximum absolute atomic E-state index is 9.56. The molecule has 220 valence electrons. The van der Waals surface area contributed by atoms with Gasteiger partial charge in [0, 0.05) is 55.3 Å². The lowest BCUT2D eigenvalue weighted by atomic mass is 10.0. The summed E-state index contributed by atoms with van der Waals surface area (Å²) in [5.41, 5.74) is 4.03. The van der Waals surface area contributed by atoms with Crippen LogP contribution in [0.15, 0.2) is 36.4 Å². The van der Waals surface area contributed by atoms with Gasteiger partial charge in [-0.1, -0.05) is 32.0 Å². The molecule has 0 bridgehead atoms. The first-order valence-electron chi connectivity index (χ1n) is 14.0. The van der Waals surface area contributed by atoms with Gasteiger partial charge in [0.25, 0.3) is 0 Å². The third-order valence-electron chi connectivity index (χ3n) is 7.55. The van der Waals surface area contributed by atoms with Crippen molar-refractivity contribution in [2.45, 2.75) is 45.7 Å². The van der Waals surface area contributed by atoms with Crippen molar-refractivity contribution in [1.82, 2.24) is 19.8 Å². The van der Waals surface area contributed by atoms with Gasteiger partial charge in [-0.3, -0.25) is 4.90 Å². The molecule has 7 N–H and O–H groups in total. The average Bonchev–Trinajstić information content (AvgIpc) is 2.97. The minimum atomic E-state index is 0. The van der Waals surface area contributed by atoms with E-state index in [2.05, 4.69) is 40.3 Å². The van der Waals surface area contributed by atoms with Crippen LogP contribution in [0.4, 0.5) is 17.5 Å². The molecule has 0 spiro atoms. The molecule has 2 aromatic carbocycles. The van der Waals surface area contributed by atoms with Crippen molar-refractivity contribution in [3.8, 4) is 11.5 Å². The highest BCUT2D eigenvalue weighted by Crippen LogP contribution is 2.35. The Labute approximate surface area is 237 Å². The molecule has 40 heavy (non-hydrogen) atoms. The number of nitrogens with two attached hydrogens (primary N) is 1. The molecule has 3 aromatic rings. The number of nitrogens with one attached hydrogen (secondary N) is 2. The van der Waals surface area contributed by atoms with Crippen LogP contribution in [-0.2, 0) is 6.54 Å². The van der Waals surface area contributed by atoms with Crippen LogP contribution in [-0.4, -0.2) is 90.0 Å². The number of aromatic nitrogens is 2. The lowest BCUT2D eigenvalue weighted by Crippen LogP contribution is -2.74. The van der Waals surface area contributed by atoms with Crippen LogP contribution in [0.25, 0.3) is 10.9 Å². The number of likely N-dealkylation sites (tertiary alicyclic amines) is 1. The van der Waals surface area contributed by atoms with Gasteiger partial charge in [0.1, 0.15) is 5.82 Å². The molecule has 1 aliphatic heterocycles. The molecule has 0 radical (unpaired) electrons. The Kier molecular flexibility index (Phi) is 12.2. The summed E-state index contributed by atoms with van der Waals surface area (Å²) in [6, 6.07) is 12.2. The van der Waals surface area contributed by atoms with E-state index in [1.165, 1.54) is 5.48 Å². The monoisotopic (exact) mass is 556 g/mol. The quantitative estimate of drug-likeness (QED) is 0.134. The van der Waals surface area contributed by atoms with E-state index >= 15 is 0 Å². The predicted molar refractivity (Wildman–Crippen MR) is 159 cm³/mol. The van der Waals surface area contributed by atoms with Crippen molar-refractivity contribution in [1.29, 1.82) is 0 Å². The topological polar surface area (TPSA) is 143 Å². The first kappa shape index (κ1) is 31.3. The number of para-hydroxylation sites is 1. The lowest BCUT2D eigenvalue weighted by Gasteiger charge is -2.33. The number of fused-ring (bicyclic) bond motifs is 1. The highest BCUT2D eigenvalue weighted by atomic mass is 16.5. The van der Waals surface area contributed by atoms with Crippen molar-refractivity contribution < 1.29 is 25.6 Å². The molecule has 1 aliphatic rings. The minimum absolute atomic E-state index is 0. The van der Waals surface area contributed by atoms with Crippen LogP contribution in [0.1, 0.15) is 38.7 Å². The molecule has 0 saturated carbocycles. The Morgan fingerprint density at radius 1 is 1.05 bits per heavy atom. The first-order chi connectivity index (χ1) is 19.1. The summed E-state index contributed by atoms with van der Waals surface area (Å²) < 4.78 is 11.1. The predicted octanol–water partition coefficient (Wildman–Crippen LogP) is 2.63. The Hall–Kier alpha value is -3.22. The van der Waals surface area contributed by atoms with E-state index in [-0.39, 0.29) is 5.48 Å². The van der Waals surface area contributed by atoms with Gasteiger partial charge >= 0.3 is 0 Å². The Balaban J connectivity index is 0.00000441. The summed E-state index contributed by atoms with van der Waals surface area (Å²) in [7, 11) is 3.28. The summed E-state index contributed by atoms with van der Waals surface area (Å²) in [6.07, 6.45) is 3.01.